The molecule has 8 nitrogen and oxygen atoms in total. The van der Waals surface area contributed by atoms with E-state index >= 15 is 0 Å². The van der Waals surface area contributed by atoms with Crippen molar-refractivity contribution in [2.24, 2.45) is 0 Å². The Balaban J connectivity index is 2.79. The van der Waals surface area contributed by atoms with Gasteiger partial charge in [-0.1, -0.05) is 30.3 Å². The van der Waals surface area contributed by atoms with Crippen LogP contribution in [0.3, 0.4) is 0 Å². The molecule has 1 aromatic rings. The fourth-order valence-corrected chi connectivity index (χ4v) is 2.09. The molecule has 0 unspecified atom stereocenters. The molecular formula is C16H18N2O6-2. The summed E-state index contributed by atoms with van der Waals surface area (Å²) in [6.45, 7) is 1.23. The highest BCUT2D eigenvalue weighted by Crippen LogP contribution is 2.05. The number of carbonyl (C=O) groups excluding carboxylic acids is 4. The van der Waals surface area contributed by atoms with E-state index in [9.17, 15) is 29.4 Å². The predicted molar refractivity (Wildman–Crippen MR) is 78.9 cm³/mol. The van der Waals surface area contributed by atoms with Gasteiger partial charge in [-0.15, -0.1) is 0 Å². The van der Waals surface area contributed by atoms with E-state index in [0.29, 0.717) is 0 Å². The maximum Gasteiger partial charge on any atom is 0.243 e. The Morgan fingerprint density at radius 3 is 2.12 bits per heavy atom. The first-order chi connectivity index (χ1) is 11.3. The Hall–Kier alpha value is -2.90. The molecule has 0 bridgehead atoms. The number of carbonyl (C=O) groups is 4. The van der Waals surface area contributed by atoms with Crippen LogP contribution in [-0.2, 0) is 25.6 Å². The average Bonchev–Trinajstić information content (AvgIpc) is 2.50. The van der Waals surface area contributed by atoms with Crippen LogP contribution < -0.4 is 20.8 Å². The highest BCUT2D eigenvalue weighted by molar-refractivity contribution is 5.90. The zero-order valence-corrected chi connectivity index (χ0v) is 13.1. The number of amides is 2. The molecule has 0 heterocycles. The van der Waals surface area contributed by atoms with Crippen molar-refractivity contribution in [1.29, 1.82) is 0 Å². The lowest BCUT2D eigenvalue weighted by molar-refractivity contribution is -0.310. The largest absolute Gasteiger partial charge is 0.550 e. The van der Waals surface area contributed by atoms with Gasteiger partial charge in [0.15, 0.2) is 0 Å². The van der Waals surface area contributed by atoms with Gasteiger partial charge in [0, 0.05) is 19.3 Å². The Morgan fingerprint density at radius 2 is 1.62 bits per heavy atom. The van der Waals surface area contributed by atoms with Gasteiger partial charge in [0.1, 0.15) is 6.04 Å². The first-order valence-corrected chi connectivity index (χ1v) is 7.31. The molecule has 0 saturated carbocycles. The van der Waals surface area contributed by atoms with Gasteiger partial charge in [-0.2, -0.15) is 0 Å². The summed E-state index contributed by atoms with van der Waals surface area (Å²) < 4.78 is 0. The number of nitrogens with one attached hydrogen (secondary N) is 2. The van der Waals surface area contributed by atoms with E-state index in [1.807, 2.05) is 0 Å². The minimum absolute atomic E-state index is 0.159. The number of aliphatic carboxylic acids is 2. The Morgan fingerprint density at radius 1 is 1.00 bits per heavy atom. The van der Waals surface area contributed by atoms with Crippen molar-refractivity contribution in [2.75, 3.05) is 0 Å². The molecule has 1 aromatic carbocycles. The lowest BCUT2D eigenvalue weighted by atomic mass is 10.0. The zero-order valence-electron chi connectivity index (χ0n) is 13.1. The van der Waals surface area contributed by atoms with Gasteiger partial charge in [0.25, 0.3) is 0 Å². The standard InChI is InChI=1S/C16H20N2O6/c1-10(19)17-13(9-11-5-3-2-4-6-11)15(22)18-12(16(23)24)7-8-14(20)21/h2-6,12-13H,7-9H2,1H3,(H,17,19)(H,18,22)(H,20,21)(H,23,24)/p-2/t12-,13-/m0/s1. The first kappa shape index (κ1) is 19.1. The summed E-state index contributed by atoms with van der Waals surface area (Å²) in [6, 6.07) is 6.37. The van der Waals surface area contributed by atoms with Crippen LogP contribution in [0.15, 0.2) is 30.3 Å². The second kappa shape index (κ2) is 9.29. The average molecular weight is 334 g/mol. The SMILES string of the molecule is CC(=O)N[C@@H](Cc1ccccc1)C(=O)N[C@@H](CCC(=O)[O-])C(=O)[O-]. The van der Waals surface area contributed by atoms with Crippen molar-refractivity contribution in [2.45, 2.75) is 38.3 Å². The van der Waals surface area contributed by atoms with Crippen LogP contribution in [-0.4, -0.2) is 35.8 Å². The van der Waals surface area contributed by atoms with E-state index in [-0.39, 0.29) is 12.8 Å². The summed E-state index contributed by atoms with van der Waals surface area (Å²) >= 11 is 0. The predicted octanol–water partition coefficient (Wildman–Crippen LogP) is -2.50. The van der Waals surface area contributed by atoms with E-state index < -0.39 is 42.3 Å². The number of carboxylic acid groups (broad SMARTS) is 2. The molecule has 0 radical (unpaired) electrons. The minimum atomic E-state index is -1.61. The first-order valence-electron chi connectivity index (χ1n) is 7.31. The van der Waals surface area contributed by atoms with Crippen molar-refractivity contribution < 1.29 is 29.4 Å². The summed E-state index contributed by atoms with van der Waals surface area (Å²) in [5, 5.41) is 26.1. The molecule has 0 saturated heterocycles. The van der Waals surface area contributed by atoms with Gasteiger partial charge in [-0.3, -0.25) is 9.59 Å². The van der Waals surface area contributed by atoms with Crippen molar-refractivity contribution in [3.05, 3.63) is 35.9 Å². The number of benzene rings is 1. The van der Waals surface area contributed by atoms with E-state index in [0.717, 1.165) is 5.56 Å². The second-order valence-corrected chi connectivity index (χ2v) is 5.23. The molecule has 0 fully saturated rings. The van der Waals surface area contributed by atoms with Crippen molar-refractivity contribution in [1.82, 2.24) is 10.6 Å². The van der Waals surface area contributed by atoms with Crippen LogP contribution in [0.5, 0.6) is 0 Å². The second-order valence-electron chi connectivity index (χ2n) is 5.23. The van der Waals surface area contributed by atoms with Gasteiger partial charge in [-0.25, -0.2) is 0 Å². The summed E-state index contributed by atoms with van der Waals surface area (Å²) in [4.78, 5) is 45.0. The third kappa shape index (κ3) is 6.91. The van der Waals surface area contributed by atoms with E-state index in [4.69, 9.17) is 0 Å². The highest BCUT2D eigenvalue weighted by Gasteiger charge is 2.23. The lowest BCUT2D eigenvalue weighted by Gasteiger charge is -2.24. The van der Waals surface area contributed by atoms with Gasteiger partial charge in [0.2, 0.25) is 11.8 Å². The van der Waals surface area contributed by atoms with Crippen LogP contribution in [0, 0.1) is 0 Å². The zero-order chi connectivity index (χ0) is 18.1. The van der Waals surface area contributed by atoms with Crippen LogP contribution in [0.4, 0.5) is 0 Å². The van der Waals surface area contributed by atoms with E-state index in [1.54, 1.807) is 30.3 Å². The molecule has 8 heteroatoms. The third-order valence-corrected chi connectivity index (χ3v) is 3.21. The molecule has 0 aliphatic heterocycles. The van der Waals surface area contributed by atoms with Crippen molar-refractivity contribution in [3.63, 3.8) is 0 Å². The number of rotatable bonds is 9. The molecule has 0 aliphatic carbocycles. The number of hydrogen-bond acceptors (Lipinski definition) is 6. The summed E-state index contributed by atoms with van der Waals surface area (Å²) in [7, 11) is 0. The van der Waals surface area contributed by atoms with Gasteiger partial charge in [0.05, 0.1) is 12.0 Å². The highest BCUT2D eigenvalue weighted by atomic mass is 16.4. The van der Waals surface area contributed by atoms with Gasteiger partial charge >= 0.3 is 0 Å². The Kier molecular flexibility index (Phi) is 7.41. The normalized spacial score (nSPS) is 12.7. The molecule has 24 heavy (non-hydrogen) atoms. The molecule has 0 aliphatic rings. The molecule has 130 valence electrons. The Bertz CT molecular complexity index is 602. The fourth-order valence-electron chi connectivity index (χ4n) is 2.09. The number of carboxylic acids is 2. The van der Waals surface area contributed by atoms with Crippen molar-refractivity contribution in [3.8, 4) is 0 Å². The Labute approximate surface area is 138 Å². The van der Waals surface area contributed by atoms with Crippen molar-refractivity contribution >= 4 is 23.8 Å². The van der Waals surface area contributed by atoms with Crippen LogP contribution >= 0.6 is 0 Å². The van der Waals surface area contributed by atoms with Crippen LogP contribution in [0.2, 0.25) is 0 Å². The summed E-state index contributed by atoms with van der Waals surface area (Å²) in [5.74, 6) is -4.23. The van der Waals surface area contributed by atoms with Crippen LogP contribution in [0.1, 0.15) is 25.3 Å². The lowest BCUT2D eigenvalue weighted by Crippen LogP contribution is -2.55. The fraction of sp³-hybridized carbons (Fsp3) is 0.375. The minimum Gasteiger partial charge on any atom is -0.550 e. The molecule has 2 atom stereocenters. The van der Waals surface area contributed by atoms with Crippen LogP contribution in [0.25, 0.3) is 0 Å². The topological polar surface area (TPSA) is 138 Å². The maximum atomic E-state index is 12.3. The molecule has 0 aromatic heterocycles. The molecule has 0 spiro atoms. The summed E-state index contributed by atoms with van der Waals surface area (Å²) in [6.07, 6.45) is -0.747. The van der Waals surface area contributed by atoms with E-state index in [1.165, 1.54) is 6.92 Å². The number of hydrogen-bond donors (Lipinski definition) is 2. The molecule has 1 rings (SSSR count). The smallest absolute Gasteiger partial charge is 0.243 e. The van der Waals surface area contributed by atoms with Gasteiger partial charge in [-0.05, 0) is 18.4 Å². The molecule has 2 N–H and O–H groups in total. The molecule has 2 amide bonds. The quantitative estimate of drug-likeness (QED) is 0.512. The monoisotopic (exact) mass is 334 g/mol. The molecular weight excluding hydrogens is 316 g/mol. The maximum absolute atomic E-state index is 12.3. The summed E-state index contributed by atoms with van der Waals surface area (Å²) in [5.41, 5.74) is 0.770. The third-order valence-electron chi connectivity index (χ3n) is 3.21. The van der Waals surface area contributed by atoms with E-state index in [2.05, 4.69) is 10.6 Å². The van der Waals surface area contributed by atoms with Gasteiger partial charge < -0.3 is 30.4 Å².